The third kappa shape index (κ3) is 3.81. The molecule has 152 valence electrons. The Balaban J connectivity index is 1.82. The van der Waals surface area contributed by atoms with E-state index in [1.54, 1.807) is 23.5 Å². The zero-order chi connectivity index (χ0) is 19.8. The first-order chi connectivity index (χ1) is 12.8. The van der Waals surface area contributed by atoms with E-state index in [9.17, 15) is 8.42 Å². The van der Waals surface area contributed by atoms with Crippen LogP contribution in [0, 0.1) is 11.8 Å². The summed E-state index contributed by atoms with van der Waals surface area (Å²) < 4.78 is 44.2. The van der Waals surface area contributed by atoms with Crippen molar-refractivity contribution < 1.29 is 22.6 Å². The molecule has 1 heterocycles. The van der Waals surface area contributed by atoms with Gasteiger partial charge in [-0.2, -0.15) is 4.31 Å². The highest BCUT2D eigenvalue weighted by atomic mass is 32.2. The molecule has 2 fully saturated rings. The van der Waals surface area contributed by atoms with Gasteiger partial charge in [-0.05, 0) is 50.9 Å². The molecule has 1 saturated carbocycles. The molecule has 1 aromatic rings. The number of hydrogen-bond donors (Lipinski definition) is 0. The number of likely N-dealkylation sites (N-methyl/N-ethyl adjacent to an activating group) is 1. The fourth-order valence-corrected chi connectivity index (χ4v) is 6.04. The quantitative estimate of drug-likeness (QED) is 0.726. The molecular formula is C19H30N2O5S. The van der Waals surface area contributed by atoms with Gasteiger partial charge in [0.2, 0.25) is 10.0 Å². The highest BCUT2D eigenvalue weighted by Gasteiger charge is 2.46. The normalized spacial score (nSPS) is 29.0. The number of fused-ring (bicyclic) bond motifs is 1. The van der Waals surface area contributed by atoms with Crippen molar-refractivity contribution in [2.24, 2.45) is 11.8 Å². The van der Waals surface area contributed by atoms with Gasteiger partial charge in [-0.3, -0.25) is 0 Å². The maximum atomic E-state index is 13.2. The van der Waals surface area contributed by atoms with Crippen LogP contribution in [-0.2, 0) is 14.8 Å². The van der Waals surface area contributed by atoms with Crippen molar-refractivity contribution in [1.82, 2.24) is 9.21 Å². The molecule has 0 bridgehead atoms. The Morgan fingerprint density at radius 1 is 1.00 bits per heavy atom. The third-order valence-corrected chi connectivity index (χ3v) is 7.84. The van der Waals surface area contributed by atoms with Crippen LogP contribution in [0.4, 0.5) is 0 Å². The molecule has 3 rings (SSSR count). The SMILES string of the molecule is COc1ccc(S(=O)(=O)N2C[C@H]3C[C@@H](N(C)C)[C@H](OC)C[C@H]3C2)cc1OC. The van der Waals surface area contributed by atoms with Crippen molar-refractivity contribution >= 4 is 10.0 Å². The predicted octanol–water partition coefficient (Wildman–Crippen LogP) is 1.68. The fraction of sp³-hybridized carbons (Fsp3) is 0.684. The van der Waals surface area contributed by atoms with Crippen LogP contribution in [0.3, 0.4) is 0 Å². The Morgan fingerprint density at radius 3 is 2.19 bits per heavy atom. The number of sulfonamides is 1. The van der Waals surface area contributed by atoms with Crippen LogP contribution in [-0.4, -0.2) is 78.3 Å². The molecule has 0 spiro atoms. The summed E-state index contributed by atoms with van der Waals surface area (Å²) in [5.74, 6) is 1.63. The summed E-state index contributed by atoms with van der Waals surface area (Å²) in [5, 5.41) is 0. The second-order valence-electron chi connectivity index (χ2n) is 7.64. The van der Waals surface area contributed by atoms with Gasteiger partial charge in [0.15, 0.2) is 11.5 Å². The van der Waals surface area contributed by atoms with E-state index >= 15 is 0 Å². The summed E-state index contributed by atoms with van der Waals surface area (Å²) in [6.07, 6.45) is 1.99. The number of benzene rings is 1. The van der Waals surface area contributed by atoms with Gasteiger partial charge in [-0.15, -0.1) is 0 Å². The van der Waals surface area contributed by atoms with Gasteiger partial charge in [0, 0.05) is 32.3 Å². The number of hydrogen-bond acceptors (Lipinski definition) is 6. The van der Waals surface area contributed by atoms with Crippen LogP contribution in [0.25, 0.3) is 0 Å². The molecular weight excluding hydrogens is 368 g/mol. The highest BCUT2D eigenvalue weighted by Crippen LogP contribution is 2.41. The molecule has 27 heavy (non-hydrogen) atoms. The number of methoxy groups -OCH3 is 3. The number of ether oxygens (including phenoxy) is 3. The van der Waals surface area contributed by atoms with E-state index in [4.69, 9.17) is 14.2 Å². The van der Waals surface area contributed by atoms with E-state index in [1.165, 1.54) is 20.3 Å². The monoisotopic (exact) mass is 398 g/mol. The lowest BCUT2D eigenvalue weighted by Gasteiger charge is -2.40. The smallest absolute Gasteiger partial charge is 0.243 e. The minimum Gasteiger partial charge on any atom is -0.493 e. The van der Waals surface area contributed by atoms with Crippen molar-refractivity contribution in [2.45, 2.75) is 29.9 Å². The summed E-state index contributed by atoms with van der Waals surface area (Å²) in [7, 11) is 5.33. The largest absolute Gasteiger partial charge is 0.493 e. The molecule has 2 aliphatic rings. The zero-order valence-electron chi connectivity index (χ0n) is 16.7. The van der Waals surface area contributed by atoms with Gasteiger partial charge in [0.25, 0.3) is 0 Å². The molecule has 0 N–H and O–H groups in total. The zero-order valence-corrected chi connectivity index (χ0v) is 17.5. The average Bonchev–Trinajstić information content (AvgIpc) is 3.10. The van der Waals surface area contributed by atoms with Crippen LogP contribution in [0.2, 0.25) is 0 Å². The standard InChI is InChI=1S/C19H30N2O5S/c1-20(2)16-8-13-11-21(12-14(13)9-18(16)25-4)27(22,23)15-6-7-17(24-3)19(10-15)26-5/h6-7,10,13-14,16,18H,8-9,11-12H2,1-5H3/t13-,14+,16-,18-/m1/s1. The van der Waals surface area contributed by atoms with E-state index in [-0.39, 0.29) is 11.0 Å². The minimum absolute atomic E-state index is 0.144. The van der Waals surface area contributed by atoms with Gasteiger partial charge >= 0.3 is 0 Å². The molecule has 1 aliphatic carbocycles. The molecule has 4 atom stereocenters. The first kappa shape index (κ1) is 20.4. The average molecular weight is 399 g/mol. The summed E-state index contributed by atoms with van der Waals surface area (Å²) in [6.45, 7) is 1.10. The summed E-state index contributed by atoms with van der Waals surface area (Å²) in [4.78, 5) is 2.43. The van der Waals surface area contributed by atoms with Gasteiger partial charge < -0.3 is 19.1 Å². The van der Waals surface area contributed by atoms with Crippen molar-refractivity contribution in [1.29, 1.82) is 0 Å². The molecule has 0 aromatic heterocycles. The lowest BCUT2D eigenvalue weighted by Crippen LogP contribution is -2.47. The molecule has 0 unspecified atom stereocenters. The Labute approximate surface area is 162 Å². The Bertz CT molecular complexity index is 767. The van der Waals surface area contributed by atoms with Crippen LogP contribution < -0.4 is 9.47 Å². The van der Waals surface area contributed by atoms with Crippen molar-refractivity contribution in [3.05, 3.63) is 18.2 Å². The summed E-state index contributed by atoms with van der Waals surface area (Å²) in [5.41, 5.74) is 0. The Kier molecular flexibility index (Phi) is 6.00. The predicted molar refractivity (Wildman–Crippen MR) is 103 cm³/mol. The van der Waals surface area contributed by atoms with E-state index < -0.39 is 10.0 Å². The van der Waals surface area contributed by atoms with Gasteiger partial charge in [-0.1, -0.05) is 0 Å². The van der Waals surface area contributed by atoms with Gasteiger partial charge in [0.1, 0.15) is 0 Å². The maximum Gasteiger partial charge on any atom is 0.243 e. The summed E-state index contributed by atoms with van der Waals surface area (Å²) in [6, 6.07) is 5.08. The second-order valence-corrected chi connectivity index (χ2v) is 9.57. The molecule has 8 heteroatoms. The van der Waals surface area contributed by atoms with E-state index in [2.05, 4.69) is 19.0 Å². The summed E-state index contributed by atoms with van der Waals surface area (Å²) >= 11 is 0. The van der Waals surface area contributed by atoms with E-state index in [0.717, 1.165) is 12.8 Å². The van der Waals surface area contributed by atoms with Crippen LogP contribution >= 0.6 is 0 Å². The molecule has 1 saturated heterocycles. The van der Waals surface area contributed by atoms with Gasteiger partial charge in [0.05, 0.1) is 25.2 Å². The number of nitrogens with zero attached hydrogens (tertiary/aromatic N) is 2. The van der Waals surface area contributed by atoms with Crippen LogP contribution in [0.1, 0.15) is 12.8 Å². The molecule has 1 aromatic carbocycles. The van der Waals surface area contributed by atoms with Crippen molar-refractivity contribution in [3.8, 4) is 11.5 Å². The molecule has 0 amide bonds. The second kappa shape index (κ2) is 7.95. The van der Waals surface area contributed by atoms with Crippen molar-refractivity contribution in [2.75, 3.05) is 48.5 Å². The van der Waals surface area contributed by atoms with Gasteiger partial charge in [-0.25, -0.2) is 8.42 Å². The topological polar surface area (TPSA) is 68.3 Å². The number of rotatable bonds is 6. The Morgan fingerprint density at radius 2 is 1.63 bits per heavy atom. The lowest BCUT2D eigenvalue weighted by atomic mass is 9.77. The highest BCUT2D eigenvalue weighted by molar-refractivity contribution is 7.89. The Hall–Kier alpha value is -1.35. The lowest BCUT2D eigenvalue weighted by molar-refractivity contribution is -0.0209. The fourth-order valence-electron chi connectivity index (χ4n) is 4.47. The molecule has 7 nitrogen and oxygen atoms in total. The molecule has 0 radical (unpaired) electrons. The van der Waals surface area contributed by atoms with Crippen LogP contribution in [0.5, 0.6) is 11.5 Å². The van der Waals surface area contributed by atoms with Crippen LogP contribution in [0.15, 0.2) is 23.1 Å². The molecule has 1 aliphatic heterocycles. The minimum atomic E-state index is -3.57. The maximum absolute atomic E-state index is 13.2. The first-order valence-electron chi connectivity index (χ1n) is 9.23. The van der Waals surface area contributed by atoms with E-state index in [1.807, 2.05) is 0 Å². The van der Waals surface area contributed by atoms with Crippen molar-refractivity contribution in [3.63, 3.8) is 0 Å². The van der Waals surface area contributed by atoms with E-state index in [0.29, 0.717) is 42.5 Å². The first-order valence-corrected chi connectivity index (χ1v) is 10.7. The third-order valence-electron chi connectivity index (χ3n) is 6.01.